The molecule has 2 atom stereocenters. The van der Waals surface area contributed by atoms with E-state index in [0.717, 1.165) is 11.9 Å². The van der Waals surface area contributed by atoms with Crippen molar-refractivity contribution < 1.29 is 18.8 Å². The number of amides is 1. The summed E-state index contributed by atoms with van der Waals surface area (Å²) in [7, 11) is -0.421. The number of carbonyl (C=O) groups excluding carboxylic acids is 1. The van der Waals surface area contributed by atoms with Gasteiger partial charge in [0.25, 0.3) is 0 Å². The fraction of sp³-hybridized carbons (Fsp3) is 0.833. The van der Waals surface area contributed by atoms with Gasteiger partial charge in [-0.15, -0.1) is 0 Å². The third-order valence-corrected chi connectivity index (χ3v) is 5.29. The Morgan fingerprint density at radius 1 is 1.21 bits per heavy atom. The Morgan fingerprint density at radius 3 is 2.17 bits per heavy atom. The van der Waals surface area contributed by atoms with E-state index in [0.29, 0.717) is 5.92 Å². The van der Waals surface area contributed by atoms with Gasteiger partial charge in [-0.25, -0.2) is 4.79 Å². The average Bonchev–Trinajstić information content (AvgIpc) is 2.59. The Bertz CT molecular complexity index is 520. The molecule has 2 heterocycles. The van der Waals surface area contributed by atoms with Crippen molar-refractivity contribution in [3.8, 4) is 0 Å². The van der Waals surface area contributed by atoms with Crippen LogP contribution in [0.2, 0.25) is 0 Å². The van der Waals surface area contributed by atoms with Crippen LogP contribution >= 0.6 is 0 Å². The largest absolute Gasteiger partial charge is 0.492 e. The number of hydrogen-bond donors (Lipinski definition) is 0. The van der Waals surface area contributed by atoms with E-state index in [4.69, 9.17) is 14.0 Å². The van der Waals surface area contributed by atoms with Gasteiger partial charge >= 0.3 is 13.2 Å². The zero-order chi connectivity index (χ0) is 18.5. The van der Waals surface area contributed by atoms with E-state index >= 15 is 0 Å². The number of nitrogens with zero attached hydrogens (tertiary/aromatic N) is 1. The van der Waals surface area contributed by atoms with E-state index < -0.39 is 12.7 Å². The number of rotatable bonds is 1. The molecule has 0 aromatic heterocycles. The molecule has 0 N–H and O–H groups in total. The lowest BCUT2D eigenvalue weighted by molar-refractivity contribution is 0.00578. The van der Waals surface area contributed by atoms with Crippen LogP contribution in [0.5, 0.6) is 0 Å². The molecule has 0 saturated carbocycles. The molecule has 0 aliphatic carbocycles. The Balaban J connectivity index is 2.24. The second kappa shape index (κ2) is 6.06. The zero-order valence-electron chi connectivity index (χ0n) is 16.6. The summed E-state index contributed by atoms with van der Waals surface area (Å²) < 4.78 is 17.8. The van der Waals surface area contributed by atoms with Gasteiger partial charge in [0, 0.05) is 12.2 Å². The maximum absolute atomic E-state index is 12.6. The van der Waals surface area contributed by atoms with Gasteiger partial charge in [0.1, 0.15) is 5.60 Å². The Morgan fingerprint density at radius 2 is 1.71 bits per heavy atom. The van der Waals surface area contributed by atoms with Crippen molar-refractivity contribution in [1.29, 1.82) is 0 Å². The number of ether oxygens (including phenoxy) is 1. The molecule has 2 aliphatic rings. The van der Waals surface area contributed by atoms with Gasteiger partial charge in [-0.05, 0) is 73.2 Å². The molecule has 1 fully saturated rings. The molecule has 5 nitrogen and oxygen atoms in total. The summed E-state index contributed by atoms with van der Waals surface area (Å²) in [5, 5.41) is 0. The van der Waals surface area contributed by atoms with Gasteiger partial charge in [-0.2, -0.15) is 0 Å². The minimum absolute atomic E-state index is 0.0750. The number of hydrogen-bond acceptors (Lipinski definition) is 4. The number of allylic oxidation sites excluding steroid dienone is 1. The molecule has 0 radical (unpaired) electrons. The lowest BCUT2D eigenvalue weighted by atomic mass is 9.71. The first-order valence-electron chi connectivity index (χ1n) is 8.81. The summed E-state index contributed by atoms with van der Waals surface area (Å²) in [6.07, 6.45) is 2.38. The Kier molecular flexibility index (Phi) is 4.88. The van der Waals surface area contributed by atoms with E-state index in [-0.39, 0.29) is 23.3 Å². The Labute approximate surface area is 146 Å². The molecule has 0 bridgehead atoms. The van der Waals surface area contributed by atoms with Crippen LogP contribution in [0, 0.1) is 5.92 Å². The van der Waals surface area contributed by atoms with E-state index in [2.05, 4.69) is 6.92 Å². The lowest BCUT2D eigenvalue weighted by Gasteiger charge is -2.37. The molecule has 2 rings (SSSR count). The van der Waals surface area contributed by atoms with Gasteiger partial charge in [-0.1, -0.05) is 6.92 Å². The second-order valence-corrected chi connectivity index (χ2v) is 9.10. The highest BCUT2D eigenvalue weighted by molar-refractivity contribution is 6.54. The van der Waals surface area contributed by atoms with Crippen molar-refractivity contribution in [2.75, 3.05) is 0 Å². The van der Waals surface area contributed by atoms with E-state index in [1.165, 1.54) is 0 Å². The topological polar surface area (TPSA) is 48.0 Å². The van der Waals surface area contributed by atoms with Crippen LogP contribution in [0.25, 0.3) is 0 Å². The quantitative estimate of drug-likeness (QED) is 0.674. The summed E-state index contributed by atoms with van der Waals surface area (Å²) in [5.74, 6) is 0.302. The number of carbonyl (C=O) groups is 1. The van der Waals surface area contributed by atoms with Crippen LogP contribution in [0.4, 0.5) is 4.79 Å². The minimum Gasteiger partial charge on any atom is -0.443 e. The summed E-state index contributed by atoms with van der Waals surface area (Å²) in [6, 6.07) is 0.0750. The molecule has 2 aliphatic heterocycles. The van der Waals surface area contributed by atoms with Crippen molar-refractivity contribution in [1.82, 2.24) is 4.90 Å². The van der Waals surface area contributed by atoms with Gasteiger partial charge in [-0.3, -0.25) is 4.90 Å². The standard InChI is InChI=1S/C18H32BNO4/c1-12-10-14(19-23-17(6,7)18(8,9)24-19)11-20(13(12)2)15(21)22-16(3,4)5/h11-13H,10H2,1-9H3. The monoisotopic (exact) mass is 337 g/mol. The summed E-state index contributed by atoms with van der Waals surface area (Å²) >= 11 is 0. The van der Waals surface area contributed by atoms with E-state index in [1.54, 1.807) is 4.90 Å². The Hall–Kier alpha value is -1.01. The summed E-state index contributed by atoms with van der Waals surface area (Å²) in [6.45, 7) is 18.0. The predicted octanol–water partition coefficient (Wildman–Crippen LogP) is 4.17. The van der Waals surface area contributed by atoms with Crippen molar-refractivity contribution in [3.63, 3.8) is 0 Å². The third-order valence-electron chi connectivity index (χ3n) is 5.29. The van der Waals surface area contributed by atoms with Gasteiger partial charge in [0.2, 0.25) is 0 Å². The van der Waals surface area contributed by atoms with Crippen LogP contribution < -0.4 is 0 Å². The van der Waals surface area contributed by atoms with E-state index in [1.807, 2.05) is 61.6 Å². The second-order valence-electron chi connectivity index (χ2n) is 9.10. The molecule has 0 aromatic carbocycles. The molecule has 0 spiro atoms. The average molecular weight is 337 g/mol. The van der Waals surface area contributed by atoms with Gasteiger partial charge in [0.15, 0.2) is 0 Å². The lowest BCUT2D eigenvalue weighted by Crippen LogP contribution is -2.45. The molecule has 6 heteroatoms. The molecule has 0 aromatic rings. The fourth-order valence-electron chi connectivity index (χ4n) is 2.85. The maximum Gasteiger partial charge on any atom is 0.492 e. The minimum atomic E-state index is -0.518. The molecular formula is C18H32BNO4. The van der Waals surface area contributed by atoms with Crippen molar-refractivity contribution in [3.05, 3.63) is 11.7 Å². The molecule has 1 saturated heterocycles. The zero-order valence-corrected chi connectivity index (χ0v) is 16.6. The first-order chi connectivity index (χ1) is 10.7. The predicted molar refractivity (Wildman–Crippen MR) is 95.5 cm³/mol. The first-order valence-corrected chi connectivity index (χ1v) is 8.81. The summed E-state index contributed by atoms with van der Waals surface area (Å²) in [4.78, 5) is 14.2. The SMILES string of the molecule is CC1CC(B2OC(C)(C)C(C)(C)O2)=CN(C(=O)OC(C)(C)C)C1C. The highest BCUT2D eigenvalue weighted by atomic mass is 16.7. The highest BCUT2D eigenvalue weighted by Crippen LogP contribution is 2.41. The van der Waals surface area contributed by atoms with Gasteiger partial charge < -0.3 is 14.0 Å². The molecule has 136 valence electrons. The summed E-state index contributed by atoms with van der Waals surface area (Å²) in [5.41, 5.74) is -0.302. The molecule has 24 heavy (non-hydrogen) atoms. The van der Waals surface area contributed by atoms with Crippen LogP contribution in [-0.2, 0) is 14.0 Å². The normalized spacial score (nSPS) is 29.5. The fourth-order valence-corrected chi connectivity index (χ4v) is 2.85. The van der Waals surface area contributed by atoms with Crippen molar-refractivity contribution >= 4 is 13.2 Å². The molecular weight excluding hydrogens is 305 g/mol. The van der Waals surface area contributed by atoms with Crippen LogP contribution in [0.3, 0.4) is 0 Å². The molecule has 1 amide bonds. The third kappa shape index (κ3) is 3.80. The maximum atomic E-state index is 12.6. The first kappa shape index (κ1) is 19.3. The van der Waals surface area contributed by atoms with Crippen molar-refractivity contribution in [2.45, 2.75) is 91.6 Å². The van der Waals surface area contributed by atoms with Crippen molar-refractivity contribution in [2.24, 2.45) is 5.92 Å². The van der Waals surface area contributed by atoms with Gasteiger partial charge in [0.05, 0.1) is 11.2 Å². The van der Waals surface area contributed by atoms with Crippen LogP contribution in [-0.4, -0.2) is 41.0 Å². The smallest absolute Gasteiger partial charge is 0.443 e. The van der Waals surface area contributed by atoms with Crippen LogP contribution in [0.1, 0.15) is 68.7 Å². The van der Waals surface area contributed by atoms with Crippen LogP contribution in [0.15, 0.2) is 11.7 Å². The highest BCUT2D eigenvalue weighted by Gasteiger charge is 2.53. The molecule has 2 unspecified atom stereocenters. The van der Waals surface area contributed by atoms with E-state index in [9.17, 15) is 4.79 Å².